The van der Waals surface area contributed by atoms with Gasteiger partial charge in [-0.2, -0.15) is 21.0 Å². The molecule has 1 N–H and O–H groups in total. The van der Waals surface area contributed by atoms with Crippen molar-refractivity contribution in [3.63, 3.8) is 0 Å². The van der Waals surface area contributed by atoms with Crippen molar-refractivity contribution in [2.75, 3.05) is 107 Å². The van der Waals surface area contributed by atoms with E-state index in [-0.39, 0.29) is 29.1 Å². The largest absolute Gasteiger partial charge is 0.497 e. The van der Waals surface area contributed by atoms with E-state index in [0.717, 1.165) is 131 Å². The Labute approximate surface area is 743 Å². The summed E-state index contributed by atoms with van der Waals surface area (Å²) in [6, 6.07) is 65.7. The fourth-order valence-corrected chi connectivity index (χ4v) is 21.4. The van der Waals surface area contributed by atoms with Crippen molar-refractivity contribution in [3.8, 4) is 92.3 Å². The van der Waals surface area contributed by atoms with Crippen LogP contribution in [0.5, 0.6) is 23.0 Å². The molecular weight excluding hydrogens is 1690 g/mol. The molecule has 27 nitrogen and oxygen atoms in total. The molecular formula is C96H104N14O13S4. The van der Waals surface area contributed by atoms with Crippen molar-refractivity contribution in [2.45, 2.75) is 114 Å². The molecule has 127 heavy (non-hydrogen) atoms. The van der Waals surface area contributed by atoms with E-state index in [1.807, 2.05) is 192 Å². The maximum atomic E-state index is 12.9. The Bertz CT molecular complexity index is 6820. The Balaban J connectivity index is 0.000000145. The normalized spacial score (nSPS) is 14.2. The molecule has 660 valence electrons. The first-order valence-corrected chi connectivity index (χ1v) is 49.0. The molecule has 0 spiro atoms. The smallest absolute Gasteiger partial charge is 0.236 e. The van der Waals surface area contributed by atoms with Crippen LogP contribution in [0.4, 0.5) is 22.7 Å². The summed E-state index contributed by atoms with van der Waals surface area (Å²) in [4.78, 5) is 6.22. The molecule has 3 fully saturated rings. The van der Waals surface area contributed by atoms with Crippen LogP contribution in [-0.2, 0) is 77.6 Å². The van der Waals surface area contributed by atoms with Crippen LogP contribution in [-0.4, -0.2) is 158 Å². The molecule has 0 radical (unpaired) electrons. The Morgan fingerprint density at radius 3 is 1.29 bits per heavy atom. The Morgan fingerprint density at radius 2 is 0.913 bits per heavy atom. The number of hydrogen-bond donors (Lipinski definition) is 1. The summed E-state index contributed by atoms with van der Waals surface area (Å²) >= 11 is 0. The minimum atomic E-state index is -3.46. The van der Waals surface area contributed by atoms with Crippen LogP contribution in [0, 0.1) is 45.3 Å². The monoisotopic (exact) mass is 1790 g/mol. The molecule has 0 amide bonds. The SMILES string of the molecule is CCCOc1ccc2c(C#N)c(-c3ccc(N4CCCS4(=O)=O)cc3)n(CC)c2c1.CCn1c(-c2ccc(N(C)S(=O)(=O)CCN3CCOCC3)cc2)c(C#N)c2ccc(OC)cc21.CCn1c(-c2ccc(N3CCCS3(=O)=O)cc2)c(C#N)c2ccc(OC(C)C)cc21.CCn1c(-c2ccc(NS(=O)(=O)CC)cc2)c(C#N)c2ccc(OCc3cccnc3)cc21. The first kappa shape index (κ1) is 91.8. The van der Waals surface area contributed by atoms with E-state index in [1.165, 1.54) is 12.9 Å². The van der Waals surface area contributed by atoms with Crippen molar-refractivity contribution in [2.24, 2.45) is 0 Å². The number of sulfonamides is 4. The molecule has 8 heterocycles. The van der Waals surface area contributed by atoms with E-state index in [1.54, 1.807) is 57.7 Å². The minimum absolute atomic E-state index is 0.00257. The van der Waals surface area contributed by atoms with Crippen LogP contribution in [0.3, 0.4) is 0 Å². The van der Waals surface area contributed by atoms with Crippen LogP contribution >= 0.6 is 0 Å². The Hall–Kier alpha value is -12.9. The molecule has 3 aliphatic heterocycles. The highest BCUT2D eigenvalue weighted by atomic mass is 32.2. The number of anilines is 4. The third-order valence-corrected chi connectivity index (χ3v) is 29.4. The predicted octanol–water partition coefficient (Wildman–Crippen LogP) is 17.3. The van der Waals surface area contributed by atoms with Gasteiger partial charge in [0.25, 0.3) is 0 Å². The Kier molecular flexibility index (Phi) is 29.1. The Morgan fingerprint density at radius 1 is 0.512 bits per heavy atom. The van der Waals surface area contributed by atoms with Gasteiger partial charge in [0.15, 0.2) is 0 Å². The number of ether oxygens (including phenoxy) is 5. The number of hydrogen-bond acceptors (Lipinski definition) is 19. The standard InChI is InChI=1S/C25H30N4O4S.C25H24N4O3S.2C23H25N3O3S/c1-4-29-24-17-21(32-3)9-10-22(24)23(18-26)25(29)19-5-7-20(8-6-19)27(2)34(30,31)16-13-28-11-14-33-15-12-28;1-3-29-24-14-21(32-17-18-6-5-13-27-16-18)11-12-22(24)23(15-26)25(29)19-7-9-20(10-8-19)28-33(30,31)4-2;1-4-25-22-14-19(29-16(2)3)10-11-20(22)21(15-24)23(25)17-6-8-18(9-7-17)26-12-5-13-30(26,27)28;1-3-13-29-19-10-11-20-21(16-24)23(25(4-2)22(20)15-19)17-6-8-18(9-7-17)26-12-5-14-30(26,27)28/h5-10,17H,4,11-16H2,1-3H3;5-14,16,28H,3-4,17H2,1-2H3;6-11,14,16H,4-5,12-13H2,1-3H3;6-11,15H,3-5,12-14H2,1-2H3. The number of pyridine rings is 1. The second-order valence-corrected chi connectivity index (χ2v) is 39.0. The number of nitrogens with zero attached hydrogens (tertiary/aromatic N) is 13. The van der Waals surface area contributed by atoms with Gasteiger partial charge in [0.1, 0.15) is 53.9 Å². The fourth-order valence-electron chi connectivity index (χ4n) is 16.4. The quantitative estimate of drug-likeness (QED) is 0.0500. The zero-order chi connectivity index (χ0) is 90.5. The molecule has 3 saturated heterocycles. The highest BCUT2D eigenvalue weighted by Crippen LogP contribution is 2.42. The van der Waals surface area contributed by atoms with Gasteiger partial charge < -0.3 is 42.0 Å². The van der Waals surface area contributed by atoms with Gasteiger partial charge in [0.2, 0.25) is 40.1 Å². The van der Waals surface area contributed by atoms with Crippen LogP contribution < -0.4 is 36.6 Å². The highest BCUT2D eigenvalue weighted by Gasteiger charge is 2.32. The van der Waals surface area contributed by atoms with Gasteiger partial charge in [-0.3, -0.25) is 27.5 Å². The summed E-state index contributed by atoms with van der Waals surface area (Å²) in [5.74, 6) is 3.45. The van der Waals surface area contributed by atoms with Gasteiger partial charge in [-0.25, -0.2) is 33.7 Å². The molecule has 0 saturated carbocycles. The summed E-state index contributed by atoms with van der Waals surface area (Å²) in [7, 11) is -10.0. The molecule has 0 bridgehead atoms. The number of methoxy groups -OCH3 is 1. The summed E-state index contributed by atoms with van der Waals surface area (Å²) in [6.45, 7) is 23.9. The maximum absolute atomic E-state index is 12.9. The summed E-state index contributed by atoms with van der Waals surface area (Å²) in [5.41, 5.74) is 16.3. The van der Waals surface area contributed by atoms with Gasteiger partial charge in [0.05, 0.1) is 140 Å². The molecule has 5 aromatic heterocycles. The van der Waals surface area contributed by atoms with Crippen LogP contribution in [0.1, 0.15) is 102 Å². The predicted molar refractivity (Wildman–Crippen MR) is 502 cm³/mol. The minimum Gasteiger partial charge on any atom is -0.497 e. The number of benzene rings is 8. The van der Waals surface area contributed by atoms with Crippen molar-refractivity contribution in [3.05, 3.63) is 222 Å². The van der Waals surface area contributed by atoms with Crippen molar-refractivity contribution < 1.29 is 57.4 Å². The van der Waals surface area contributed by atoms with Crippen molar-refractivity contribution >= 4 is 106 Å². The number of nitriles is 4. The number of aromatic nitrogens is 5. The average molecular weight is 1790 g/mol. The maximum Gasteiger partial charge on any atom is 0.236 e. The summed E-state index contributed by atoms with van der Waals surface area (Å²) < 4.78 is 142. The number of nitrogens with one attached hydrogen (secondary N) is 1. The number of aryl methyl sites for hydroxylation is 4. The van der Waals surface area contributed by atoms with E-state index in [0.29, 0.717) is 136 Å². The first-order valence-electron chi connectivity index (χ1n) is 42.5. The second-order valence-electron chi connectivity index (χ2n) is 30.8. The lowest BCUT2D eigenvalue weighted by atomic mass is 10.1. The van der Waals surface area contributed by atoms with Gasteiger partial charge in [-0.1, -0.05) is 61.5 Å². The van der Waals surface area contributed by atoms with E-state index in [4.69, 9.17) is 23.7 Å². The van der Waals surface area contributed by atoms with Crippen molar-refractivity contribution in [1.29, 1.82) is 21.0 Å². The molecule has 0 aliphatic carbocycles. The summed E-state index contributed by atoms with van der Waals surface area (Å²) in [5, 5.41) is 43.2. The highest BCUT2D eigenvalue weighted by molar-refractivity contribution is 7.93. The first-order chi connectivity index (χ1) is 61.2. The zero-order valence-electron chi connectivity index (χ0n) is 72.9. The van der Waals surface area contributed by atoms with E-state index < -0.39 is 40.1 Å². The third kappa shape index (κ3) is 20.0. The van der Waals surface area contributed by atoms with Crippen LogP contribution in [0.25, 0.3) is 88.6 Å². The van der Waals surface area contributed by atoms with Gasteiger partial charge in [0, 0.05) is 135 Å². The van der Waals surface area contributed by atoms with E-state index in [9.17, 15) is 54.7 Å². The van der Waals surface area contributed by atoms with E-state index in [2.05, 4.69) is 71.0 Å². The molecule has 31 heteroatoms. The molecule has 8 aromatic carbocycles. The van der Waals surface area contributed by atoms with Crippen LogP contribution in [0.2, 0.25) is 0 Å². The molecule has 0 unspecified atom stereocenters. The number of fused-ring (bicyclic) bond motifs is 4. The molecule has 3 aliphatic rings. The van der Waals surface area contributed by atoms with Gasteiger partial charge in [-0.05, 0) is 193 Å². The van der Waals surface area contributed by atoms with E-state index >= 15 is 0 Å². The molecule has 0 atom stereocenters. The van der Waals surface area contributed by atoms with Crippen molar-refractivity contribution in [1.82, 2.24) is 28.2 Å². The lowest BCUT2D eigenvalue weighted by molar-refractivity contribution is 0.0408. The van der Waals surface area contributed by atoms with Gasteiger partial charge in [-0.15, -0.1) is 0 Å². The lowest BCUT2D eigenvalue weighted by Gasteiger charge is -2.27. The molecule has 16 rings (SSSR count). The lowest BCUT2D eigenvalue weighted by Crippen LogP contribution is -2.41. The van der Waals surface area contributed by atoms with Crippen LogP contribution in [0.15, 0.2) is 194 Å². The molecule has 13 aromatic rings. The topological polar surface area (TPSA) is 335 Å². The average Bonchev–Trinajstić information content (AvgIpc) is 1.62. The summed E-state index contributed by atoms with van der Waals surface area (Å²) in [6.07, 6.45) is 5.78. The third-order valence-electron chi connectivity index (χ3n) is 22.6. The number of morpholine rings is 1. The number of rotatable bonds is 27. The van der Waals surface area contributed by atoms with Gasteiger partial charge >= 0.3 is 0 Å². The fraction of sp³-hybridized carbons (Fsp3) is 0.323. The second kappa shape index (κ2) is 40.2. The zero-order valence-corrected chi connectivity index (χ0v) is 76.2.